The Labute approximate surface area is 153 Å². The lowest BCUT2D eigenvalue weighted by Gasteiger charge is -2.64. The minimum Gasteiger partial charge on any atom is -0.266 e. The summed E-state index contributed by atoms with van der Waals surface area (Å²) in [5.41, 5.74) is 1.97. The summed E-state index contributed by atoms with van der Waals surface area (Å²) in [5, 5.41) is 10.1. The van der Waals surface area contributed by atoms with Gasteiger partial charge in [-0.2, -0.15) is 5.26 Å². The Morgan fingerprint density at radius 2 is 1.62 bits per heavy atom. The number of alkyl halides is 2. The zero-order valence-electron chi connectivity index (χ0n) is 14.0. The average molecular weight is 359 g/mol. The van der Waals surface area contributed by atoms with Gasteiger partial charge in [-0.1, -0.05) is 83.4 Å². The van der Waals surface area contributed by atoms with Crippen molar-refractivity contribution < 1.29 is 0 Å². The van der Waals surface area contributed by atoms with Crippen molar-refractivity contribution in [1.29, 1.82) is 5.26 Å². The first-order chi connectivity index (χ1) is 11.4. The van der Waals surface area contributed by atoms with Gasteiger partial charge in [0.05, 0.1) is 12.1 Å². The predicted octanol–water partition coefficient (Wildman–Crippen LogP) is 5.35. The van der Waals surface area contributed by atoms with Crippen molar-refractivity contribution in [2.24, 2.45) is 0 Å². The summed E-state index contributed by atoms with van der Waals surface area (Å²) in [5.74, 6) is 0. The third-order valence-corrected chi connectivity index (χ3v) is 5.75. The van der Waals surface area contributed by atoms with Gasteiger partial charge in [0, 0.05) is 6.04 Å². The Morgan fingerprint density at radius 1 is 1.04 bits per heavy atom. The van der Waals surface area contributed by atoms with Crippen LogP contribution in [-0.2, 0) is 5.54 Å². The van der Waals surface area contributed by atoms with E-state index in [1.54, 1.807) is 0 Å². The lowest BCUT2D eigenvalue weighted by atomic mass is 9.70. The highest BCUT2D eigenvalue weighted by Crippen LogP contribution is 2.66. The number of hydrogen-bond acceptors (Lipinski definition) is 2. The highest BCUT2D eigenvalue weighted by molar-refractivity contribution is 6.51. The molecule has 0 saturated carbocycles. The largest absolute Gasteiger partial charge is 0.266 e. The van der Waals surface area contributed by atoms with Crippen LogP contribution in [0.4, 0.5) is 0 Å². The van der Waals surface area contributed by atoms with E-state index in [0.29, 0.717) is 0 Å². The van der Waals surface area contributed by atoms with Crippen LogP contribution in [0.5, 0.6) is 0 Å². The molecule has 0 amide bonds. The number of nitriles is 1. The standard InChI is InChI=1S/C20H20Cl2N2/c1-14(2)24-18(16-11-9-15(3)10-12-16)20(21,22)19(24,13-23)17-7-5-4-6-8-17/h4-12,14,18H,1-3H3/t18-,19+/m0/s1. The molecule has 2 aromatic carbocycles. The van der Waals surface area contributed by atoms with Crippen LogP contribution in [0.25, 0.3) is 0 Å². The highest BCUT2D eigenvalue weighted by Gasteiger charge is 2.72. The molecule has 0 bridgehead atoms. The van der Waals surface area contributed by atoms with Gasteiger partial charge >= 0.3 is 0 Å². The first kappa shape index (κ1) is 17.3. The molecule has 0 spiro atoms. The van der Waals surface area contributed by atoms with Crippen molar-refractivity contribution in [3.63, 3.8) is 0 Å². The van der Waals surface area contributed by atoms with Crippen molar-refractivity contribution in [2.45, 2.75) is 42.7 Å². The third kappa shape index (κ3) is 2.27. The van der Waals surface area contributed by atoms with Crippen LogP contribution in [0.1, 0.15) is 36.6 Å². The van der Waals surface area contributed by atoms with E-state index >= 15 is 0 Å². The van der Waals surface area contributed by atoms with Gasteiger partial charge in [-0.25, -0.2) is 0 Å². The van der Waals surface area contributed by atoms with Crippen LogP contribution in [0.3, 0.4) is 0 Å². The first-order valence-corrected chi connectivity index (χ1v) is 8.81. The molecule has 0 radical (unpaired) electrons. The molecule has 0 aromatic heterocycles. The Balaban J connectivity index is 2.15. The van der Waals surface area contributed by atoms with Gasteiger partial charge in [-0.15, -0.1) is 0 Å². The second-order valence-corrected chi connectivity index (χ2v) is 8.01. The van der Waals surface area contributed by atoms with E-state index in [-0.39, 0.29) is 12.1 Å². The van der Waals surface area contributed by atoms with Gasteiger partial charge in [0.15, 0.2) is 9.87 Å². The van der Waals surface area contributed by atoms with E-state index in [1.165, 1.54) is 5.56 Å². The van der Waals surface area contributed by atoms with Crippen molar-refractivity contribution in [3.8, 4) is 6.07 Å². The highest BCUT2D eigenvalue weighted by atomic mass is 35.5. The molecule has 0 unspecified atom stereocenters. The molecule has 3 rings (SSSR count). The molecule has 2 aromatic rings. The molecule has 124 valence electrons. The predicted molar refractivity (Wildman–Crippen MR) is 99.1 cm³/mol. The second kappa shape index (κ2) is 6.08. The van der Waals surface area contributed by atoms with Gasteiger partial charge in [0.1, 0.15) is 0 Å². The fourth-order valence-electron chi connectivity index (χ4n) is 3.69. The molecule has 1 heterocycles. The van der Waals surface area contributed by atoms with Gasteiger partial charge < -0.3 is 0 Å². The molecule has 4 heteroatoms. The van der Waals surface area contributed by atoms with Gasteiger partial charge in [0.25, 0.3) is 0 Å². The smallest absolute Gasteiger partial charge is 0.173 e. The Hall–Kier alpha value is -1.53. The maximum absolute atomic E-state index is 10.1. The van der Waals surface area contributed by atoms with E-state index in [0.717, 1.165) is 11.1 Å². The maximum Gasteiger partial charge on any atom is 0.173 e. The van der Waals surface area contributed by atoms with Crippen molar-refractivity contribution >= 4 is 23.2 Å². The number of nitrogens with zero attached hydrogens (tertiary/aromatic N) is 2. The SMILES string of the molecule is Cc1ccc([C@@H]2N(C(C)C)[C@](C#N)(c3ccccc3)C2(Cl)Cl)cc1. The summed E-state index contributed by atoms with van der Waals surface area (Å²) in [6.07, 6.45) is 0. The van der Waals surface area contributed by atoms with Crippen LogP contribution < -0.4 is 0 Å². The van der Waals surface area contributed by atoms with Crippen molar-refractivity contribution in [3.05, 3.63) is 71.3 Å². The van der Waals surface area contributed by atoms with E-state index in [9.17, 15) is 5.26 Å². The van der Waals surface area contributed by atoms with Gasteiger partial charge in [-0.3, -0.25) is 4.90 Å². The van der Waals surface area contributed by atoms with E-state index < -0.39 is 9.87 Å². The van der Waals surface area contributed by atoms with Gasteiger partial charge in [0.2, 0.25) is 0 Å². The summed E-state index contributed by atoms with van der Waals surface area (Å²) in [7, 11) is 0. The number of likely N-dealkylation sites (tertiary alicyclic amines) is 1. The summed E-state index contributed by atoms with van der Waals surface area (Å²) >= 11 is 13.7. The fraction of sp³-hybridized carbons (Fsp3) is 0.350. The van der Waals surface area contributed by atoms with E-state index in [1.807, 2.05) is 61.5 Å². The van der Waals surface area contributed by atoms with Crippen LogP contribution in [0.2, 0.25) is 0 Å². The lowest BCUT2D eigenvalue weighted by molar-refractivity contribution is -0.0804. The van der Waals surface area contributed by atoms with Crippen LogP contribution >= 0.6 is 23.2 Å². The first-order valence-electron chi connectivity index (χ1n) is 8.06. The minimum absolute atomic E-state index is 0.113. The average Bonchev–Trinajstić information content (AvgIpc) is 2.56. The number of hydrogen-bond donors (Lipinski definition) is 0. The fourth-order valence-corrected chi connectivity index (χ4v) is 4.65. The number of halogens is 2. The van der Waals surface area contributed by atoms with Gasteiger partial charge in [-0.05, 0) is 31.9 Å². The summed E-state index contributed by atoms with van der Waals surface area (Å²) < 4.78 is -1.23. The molecule has 0 aliphatic carbocycles. The molecular weight excluding hydrogens is 339 g/mol. The molecule has 2 nitrogen and oxygen atoms in total. The molecule has 2 atom stereocenters. The Bertz CT molecular complexity index is 762. The molecule has 1 aliphatic heterocycles. The third-order valence-electron chi connectivity index (χ3n) is 4.79. The summed E-state index contributed by atoms with van der Waals surface area (Å²) in [4.78, 5) is 2.12. The Kier molecular flexibility index (Phi) is 4.38. The van der Waals surface area contributed by atoms with Crippen LogP contribution in [0.15, 0.2) is 54.6 Å². The summed E-state index contributed by atoms with van der Waals surface area (Å²) in [6.45, 7) is 6.18. The van der Waals surface area contributed by atoms with Crippen molar-refractivity contribution in [2.75, 3.05) is 0 Å². The normalized spacial score (nSPS) is 26.0. The van der Waals surface area contributed by atoms with E-state index in [2.05, 4.69) is 24.8 Å². The topological polar surface area (TPSA) is 27.0 Å². The number of aryl methyl sites for hydroxylation is 1. The molecular formula is C20H20Cl2N2. The zero-order chi connectivity index (χ0) is 17.5. The van der Waals surface area contributed by atoms with Crippen LogP contribution in [0, 0.1) is 18.3 Å². The maximum atomic E-state index is 10.1. The van der Waals surface area contributed by atoms with Crippen LogP contribution in [-0.4, -0.2) is 15.3 Å². The van der Waals surface area contributed by atoms with E-state index in [4.69, 9.17) is 23.2 Å². The zero-order valence-corrected chi connectivity index (χ0v) is 15.5. The molecule has 1 saturated heterocycles. The van der Waals surface area contributed by atoms with Crippen molar-refractivity contribution in [1.82, 2.24) is 4.90 Å². The quantitative estimate of drug-likeness (QED) is 0.691. The lowest BCUT2D eigenvalue weighted by Crippen LogP contribution is -2.74. The number of benzene rings is 2. The second-order valence-electron chi connectivity index (χ2n) is 6.63. The monoisotopic (exact) mass is 358 g/mol. The Morgan fingerprint density at radius 3 is 2.12 bits per heavy atom. The summed E-state index contributed by atoms with van der Waals surface area (Å²) in [6, 6.07) is 20.1. The number of rotatable bonds is 3. The molecule has 1 fully saturated rings. The molecule has 0 N–H and O–H groups in total. The molecule has 24 heavy (non-hydrogen) atoms. The molecule has 1 aliphatic rings. The minimum atomic E-state index is -1.23.